The average Bonchev–Trinajstić information content (AvgIpc) is 3.35. The van der Waals surface area contributed by atoms with Gasteiger partial charge in [0.1, 0.15) is 0 Å². The van der Waals surface area contributed by atoms with Gasteiger partial charge in [0.15, 0.2) is 5.78 Å². The molecule has 5 rings (SSSR count). The number of H-pyrrole nitrogens is 1. The topological polar surface area (TPSA) is 125 Å². The minimum atomic E-state index is -5.08. The van der Waals surface area contributed by atoms with Crippen LogP contribution in [0.25, 0.3) is 22.5 Å². The fourth-order valence-corrected chi connectivity index (χ4v) is 4.09. The van der Waals surface area contributed by atoms with E-state index < -0.39 is 12.1 Å². The Hall–Kier alpha value is -4.03. The van der Waals surface area contributed by atoms with E-state index in [0.717, 1.165) is 47.7 Å². The maximum atomic E-state index is 12.6. The number of pyridine rings is 1. The molecule has 12 heteroatoms. The van der Waals surface area contributed by atoms with Gasteiger partial charge in [-0.2, -0.15) is 13.2 Å². The molecule has 2 aliphatic rings. The molecule has 0 saturated carbocycles. The molecule has 0 aliphatic carbocycles. The van der Waals surface area contributed by atoms with Gasteiger partial charge in [-0.05, 0) is 18.2 Å². The molecule has 3 N–H and O–H groups in total. The highest BCUT2D eigenvalue weighted by atomic mass is 19.4. The van der Waals surface area contributed by atoms with Crippen LogP contribution in [0.4, 0.5) is 13.2 Å². The van der Waals surface area contributed by atoms with Gasteiger partial charge in [-0.1, -0.05) is 24.3 Å². The summed E-state index contributed by atoms with van der Waals surface area (Å²) in [7, 11) is 0. The number of benzene rings is 1. The number of carbonyl (C=O) groups excluding carboxylic acids is 2. The molecule has 4 heterocycles. The van der Waals surface area contributed by atoms with Gasteiger partial charge in [0.05, 0.1) is 31.0 Å². The molecule has 2 aliphatic heterocycles. The zero-order chi connectivity index (χ0) is 27.3. The van der Waals surface area contributed by atoms with Gasteiger partial charge >= 0.3 is 12.1 Å². The summed E-state index contributed by atoms with van der Waals surface area (Å²) in [4.78, 5) is 43.5. The molecule has 0 unspecified atom stereocenters. The zero-order valence-corrected chi connectivity index (χ0v) is 20.2. The van der Waals surface area contributed by atoms with E-state index in [1.165, 1.54) is 0 Å². The molecule has 200 valence electrons. The summed E-state index contributed by atoms with van der Waals surface area (Å²) in [5.41, 5.74) is 6.03. The molecule has 0 atom stereocenters. The first kappa shape index (κ1) is 27.0. The Bertz CT molecular complexity index is 1320. The number of halogens is 3. The first-order valence-corrected chi connectivity index (χ1v) is 11.8. The third-order valence-electron chi connectivity index (χ3n) is 6.09. The molecule has 1 fully saturated rings. The first-order valence-electron chi connectivity index (χ1n) is 11.8. The number of ketones is 1. The van der Waals surface area contributed by atoms with E-state index in [9.17, 15) is 22.8 Å². The van der Waals surface area contributed by atoms with Crippen LogP contribution in [-0.4, -0.2) is 83.2 Å². The van der Waals surface area contributed by atoms with Gasteiger partial charge in [0, 0.05) is 60.3 Å². The third kappa shape index (κ3) is 6.64. The number of fused-ring (bicyclic) bond motifs is 1. The van der Waals surface area contributed by atoms with Crippen molar-refractivity contribution in [1.29, 1.82) is 0 Å². The van der Waals surface area contributed by atoms with Gasteiger partial charge in [0.2, 0.25) is 0 Å². The maximum absolute atomic E-state index is 12.6. The number of hydrogen-bond donors (Lipinski definition) is 3. The fraction of sp³-hybridized carbons (Fsp3) is 0.308. The molecule has 1 saturated heterocycles. The van der Waals surface area contributed by atoms with Crippen molar-refractivity contribution in [1.82, 2.24) is 20.2 Å². The summed E-state index contributed by atoms with van der Waals surface area (Å²) in [5, 5.41) is 10.00. The Balaban J connectivity index is 0.000000426. The van der Waals surface area contributed by atoms with Gasteiger partial charge in [-0.25, -0.2) is 4.79 Å². The van der Waals surface area contributed by atoms with E-state index in [-0.39, 0.29) is 11.7 Å². The number of aromatic amines is 1. The highest BCUT2D eigenvalue weighted by Gasteiger charge is 2.38. The summed E-state index contributed by atoms with van der Waals surface area (Å²) < 4.78 is 37.1. The summed E-state index contributed by atoms with van der Waals surface area (Å²) in [5.74, 6) is -2.67. The Morgan fingerprint density at radius 1 is 1.05 bits per heavy atom. The van der Waals surface area contributed by atoms with Crippen LogP contribution in [-0.2, 0) is 16.0 Å². The van der Waals surface area contributed by atoms with Crippen LogP contribution in [0.15, 0.2) is 48.7 Å². The number of ether oxygens (including phenoxy) is 1. The van der Waals surface area contributed by atoms with E-state index in [4.69, 9.17) is 14.6 Å². The van der Waals surface area contributed by atoms with Crippen LogP contribution in [0.3, 0.4) is 0 Å². The molecule has 0 bridgehead atoms. The average molecular weight is 531 g/mol. The van der Waals surface area contributed by atoms with E-state index in [2.05, 4.69) is 20.2 Å². The fourth-order valence-electron chi connectivity index (χ4n) is 4.09. The molecule has 0 radical (unpaired) electrons. The van der Waals surface area contributed by atoms with Crippen molar-refractivity contribution in [2.45, 2.75) is 12.6 Å². The van der Waals surface area contributed by atoms with Gasteiger partial charge in [0.25, 0.3) is 5.91 Å². The number of rotatable bonds is 5. The van der Waals surface area contributed by atoms with Gasteiger partial charge in [-0.3, -0.25) is 19.5 Å². The number of hydrogen-bond acceptors (Lipinski definition) is 6. The number of nitrogens with one attached hydrogen (secondary N) is 2. The number of nitrogens with zero attached hydrogens (tertiary/aromatic N) is 2. The number of Topliss-reactive ketones (excluding diaryl/α,β-unsaturated/α-hetero) is 1. The van der Waals surface area contributed by atoms with Crippen molar-refractivity contribution in [3.05, 3.63) is 65.5 Å². The third-order valence-corrected chi connectivity index (χ3v) is 6.09. The number of aliphatic carboxylic acids is 1. The number of amides is 1. The number of aromatic nitrogens is 2. The monoisotopic (exact) mass is 530 g/mol. The molecule has 0 spiro atoms. The largest absolute Gasteiger partial charge is 0.490 e. The molecular weight excluding hydrogens is 505 g/mol. The van der Waals surface area contributed by atoms with E-state index >= 15 is 0 Å². The predicted molar refractivity (Wildman–Crippen MR) is 131 cm³/mol. The number of carbonyl (C=O) groups is 3. The van der Waals surface area contributed by atoms with Crippen LogP contribution in [0.2, 0.25) is 0 Å². The second kappa shape index (κ2) is 11.6. The lowest BCUT2D eigenvalue weighted by atomic mass is 10.0. The summed E-state index contributed by atoms with van der Waals surface area (Å²) >= 11 is 0. The lowest BCUT2D eigenvalue weighted by Crippen LogP contribution is -2.39. The number of alkyl halides is 3. The second-order valence-electron chi connectivity index (χ2n) is 8.70. The summed E-state index contributed by atoms with van der Waals surface area (Å²) in [6.07, 6.45) is -2.51. The molecule has 3 aromatic rings. The standard InChI is InChI=1S/C24H24N4O3.C2HF3O2/c29-23(15-28-9-11-31-12-10-28)17-3-1-16(2-4-17)21-13-18(5-7-25-21)22-14-19-20(27-22)6-8-26-24(19)30;3-2(4,5)1(6)7/h1-5,7,13-14,27H,6,8-12,15H2,(H,26,30);(H,6,7). The molecule has 2 aromatic heterocycles. The Morgan fingerprint density at radius 3 is 2.37 bits per heavy atom. The Labute approximate surface area is 215 Å². The normalized spacial score (nSPS) is 15.6. The highest BCUT2D eigenvalue weighted by Crippen LogP contribution is 2.27. The number of morpholine rings is 1. The minimum Gasteiger partial charge on any atom is -0.475 e. The molecule has 1 amide bonds. The molecule has 9 nitrogen and oxygen atoms in total. The quantitative estimate of drug-likeness (QED) is 0.433. The Kier molecular flexibility index (Phi) is 8.23. The van der Waals surface area contributed by atoms with E-state index in [1.54, 1.807) is 6.20 Å². The van der Waals surface area contributed by atoms with Crippen LogP contribution in [0, 0.1) is 0 Å². The summed E-state index contributed by atoms with van der Waals surface area (Å²) in [6.45, 7) is 4.03. The van der Waals surface area contributed by atoms with Crippen LogP contribution in [0.1, 0.15) is 26.4 Å². The number of carboxylic acids is 1. The van der Waals surface area contributed by atoms with E-state index in [1.807, 2.05) is 42.5 Å². The number of carboxylic acid groups (broad SMARTS) is 1. The predicted octanol–water partition coefficient (Wildman–Crippen LogP) is 3.18. The molecule has 1 aromatic carbocycles. The smallest absolute Gasteiger partial charge is 0.475 e. The van der Waals surface area contributed by atoms with Crippen LogP contribution >= 0.6 is 0 Å². The molecular formula is C26H25F3N4O5. The zero-order valence-electron chi connectivity index (χ0n) is 20.2. The van der Waals surface area contributed by atoms with Gasteiger partial charge < -0.3 is 20.1 Å². The van der Waals surface area contributed by atoms with Crippen molar-refractivity contribution < 1.29 is 37.4 Å². The van der Waals surface area contributed by atoms with E-state index in [0.29, 0.717) is 37.4 Å². The first-order chi connectivity index (χ1) is 18.1. The van der Waals surface area contributed by atoms with Crippen LogP contribution in [0.5, 0.6) is 0 Å². The molecule has 38 heavy (non-hydrogen) atoms. The lowest BCUT2D eigenvalue weighted by Gasteiger charge is -2.25. The SMILES string of the molecule is O=C(CN1CCOCC1)c1ccc(-c2cc(-c3cc4c([nH]3)CCNC4=O)ccn2)cc1.O=C(O)C(F)(F)F. The minimum absolute atomic E-state index is 0.0321. The summed E-state index contributed by atoms with van der Waals surface area (Å²) in [6, 6.07) is 13.4. The van der Waals surface area contributed by atoms with Gasteiger partial charge in [-0.15, -0.1) is 0 Å². The van der Waals surface area contributed by atoms with Crippen molar-refractivity contribution in [2.24, 2.45) is 0 Å². The van der Waals surface area contributed by atoms with Crippen LogP contribution < -0.4 is 5.32 Å². The Morgan fingerprint density at radius 2 is 1.74 bits per heavy atom. The van der Waals surface area contributed by atoms with Crippen molar-refractivity contribution in [3.63, 3.8) is 0 Å². The second-order valence-corrected chi connectivity index (χ2v) is 8.70. The highest BCUT2D eigenvalue weighted by molar-refractivity contribution is 5.98. The lowest BCUT2D eigenvalue weighted by molar-refractivity contribution is -0.192. The maximum Gasteiger partial charge on any atom is 0.490 e. The van der Waals surface area contributed by atoms with Crippen molar-refractivity contribution in [3.8, 4) is 22.5 Å². The van der Waals surface area contributed by atoms with Crippen molar-refractivity contribution >= 4 is 17.7 Å². The van der Waals surface area contributed by atoms with Crippen molar-refractivity contribution in [2.75, 3.05) is 39.4 Å².